The van der Waals surface area contributed by atoms with Gasteiger partial charge in [-0.1, -0.05) is 0 Å². The van der Waals surface area contributed by atoms with Gasteiger partial charge in [-0.25, -0.2) is 14.5 Å². The number of aryl methyl sites for hydroxylation is 1. The molecule has 0 aromatic carbocycles. The molecule has 0 atom stereocenters. The first-order chi connectivity index (χ1) is 16.0. The fourth-order valence-electron chi connectivity index (χ4n) is 3.61. The Morgan fingerprint density at radius 2 is 2.00 bits per heavy atom. The second-order valence-electron chi connectivity index (χ2n) is 7.41. The highest BCUT2D eigenvalue weighted by molar-refractivity contribution is 6.11. The molecule has 0 bridgehead atoms. The summed E-state index contributed by atoms with van der Waals surface area (Å²) in [4.78, 5) is 35.5. The normalized spacial score (nSPS) is 13.9. The Bertz CT molecular complexity index is 1360. The summed E-state index contributed by atoms with van der Waals surface area (Å²) in [5.74, 6) is -1.05. The van der Waals surface area contributed by atoms with Crippen LogP contribution in [0, 0.1) is 5.95 Å². The number of ether oxygens (including phenoxy) is 1. The predicted molar refractivity (Wildman–Crippen MR) is 114 cm³/mol. The van der Waals surface area contributed by atoms with Crippen molar-refractivity contribution in [3.63, 3.8) is 0 Å². The topological polar surface area (TPSA) is 120 Å². The second kappa shape index (κ2) is 8.39. The number of amides is 2. The molecule has 33 heavy (non-hydrogen) atoms. The lowest BCUT2D eigenvalue weighted by Crippen LogP contribution is -2.41. The summed E-state index contributed by atoms with van der Waals surface area (Å²) in [5, 5.41) is 11.2. The van der Waals surface area contributed by atoms with Crippen molar-refractivity contribution in [3.8, 4) is 11.4 Å². The molecular formula is C21H19FN8O3. The van der Waals surface area contributed by atoms with Crippen LogP contribution in [-0.4, -0.2) is 72.4 Å². The van der Waals surface area contributed by atoms with E-state index >= 15 is 0 Å². The number of morpholine rings is 1. The Hall–Kier alpha value is -4.19. The molecule has 5 rings (SSSR count). The number of nitrogens with one attached hydrogen (secondary N) is 1. The van der Waals surface area contributed by atoms with Gasteiger partial charge >= 0.3 is 0 Å². The Kier molecular flexibility index (Phi) is 5.26. The highest BCUT2D eigenvalue weighted by Crippen LogP contribution is 2.20. The minimum Gasteiger partial charge on any atom is -0.378 e. The number of anilines is 1. The molecule has 1 fully saturated rings. The fourth-order valence-corrected chi connectivity index (χ4v) is 3.61. The standard InChI is InChI=1S/C21H19FN8O3/c1-28-18(15(12-24-28)21(32)29-6-8-33-9-7-29)20(31)25-14-3-5-30-17(11-14)26-19(27-30)13-2-4-23-16(22)10-13/h2-5,10-12H,6-9H2,1H3,(H,25,31). The SMILES string of the molecule is Cn1ncc(C(=O)N2CCOCC2)c1C(=O)Nc1ccn2nc(-c3ccnc(F)c3)nc2c1. The van der Waals surface area contributed by atoms with E-state index in [0.29, 0.717) is 49.0 Å². The molecule has 5 heterocycles. The number of rotatable bonds is 4. The number of carbonyl (C=O) groups is 2. The van der Waals surface area contributed by atoms with Gasteiger partial charge in [-0.3, -0.25) is 14.3 Å². The average Bonchev–Trinajstić information content (AvgIpc) is 3.42. The third-order valence-electron chi connectivity index (χ3n) is 5.26. The van der Waals surface area contributed by atoms with Gasteiger partial charge in [0, 0.05) is 55.9 Å². The van der Waals surface area contributed by atoms with E-state index in [1.807, 2.05) is 0 Å². The number of hydrogen-bond donors (Lipinski definition) is 1. The zero-order valence-corrected chi connectivity index (χ0v) is 17.6. The van der Waals surface area contributed by atoms with Gasteiger partial charge in [0.1, 0.15) is 5.69 Å². The van der Waals surface area contributed by atoms with E-state index in [0.717, 1.165) is 0 Å². The van der Waals surface area contributed by atoms with Gasteiger partial charge in [-0.05, 0) is 12.1 Å². The molecule has 12 heteroatoms. The zero-order chi connectivity index (χ0) is 22.9. The molecule has 11 nitrogen and oxygen atoms in total. The van der Waals surface area contributed by atoms with Gasteiger partial charge in [0.15, 0.2) is 11.5 Å². The van der Waals surface area contributed by atoms with Crippen molar-refractivity contribution in [2.75, 3.05) is 31.6 Å². The molecule has 0 radical (unpaired) electrons. The maximum absolute atomic E-state index is 13.4. The van der Waals surface area contributed by atoms with Crippen LogP contribution in [0.2, 0.25) is 0 Å². The predicted octanol–water partition coefficient (Wildman–Crippen LogP) is 1.39. The van der Waals surface area contributed by atoms with Gasteiger partial charge in [-0.2, -0.15) is 9.49 Å². The van der Waals surface area contributed by atoms with Crippen molar-refractivity contribution in [1.29, 1.82) is 0 Å². The third kappa shape index (κ3) is 4.03. The molecule has 1 N–H and O–H groups in total. The van der Waals surface area contributed by atoms with Crippen LogP contribution in [0.15, 0.2) is 42.9 Å². The van der Waals surface area contributed by atoms with Crippen LogP contribution in [0.1, 0.15) is 20.8 Å². The molecule has 0 spiro atoms. The number of halogens is 1. The van der Waals surface area contributed by atoms with Crippen LogP contribution in [0.3, 0.4) is 0 Å². The molecular weight excluding hydrogens is 431 g/mol. The van der Waals surface area contributed by atoms with E-state index in [1.165, 1.54) is 27.7 Å². The summed E-state index contributed by atoms with van der Waals surface area (Å²) in [6.07, 6.45) is 4.36. The van der Waals surface area contributed by atoms with Crippen molar-refractivity contribution in [2.24, 2.45) is 7.05 Å². The average molecular weight is 450 g/mol. The van der Waals surface area contributed by atoms with Crippen molar-refractivity contribution >= 4 is 23.1 Å². The lowest BCUT2D eigenvalue weighted by atomic mass is 10.2. The molecule has 0 saturated carbocycles. The molecule has 168 valence electrons. The van der Waals surface area contributed by atoms with E-state index in [2.05, 4.69) is 25.5 Å². The first-order valence-electron chi connectivity index (χ1n) is 10.2. The van der Waals surface area contributed by atoms with Crippen LogP contribution >= 0.6 is 0 Å². The first-order valence-corrected chi connectivity index (χ1v) is 10.2. The van der Waals surface area contributed by atoms with Crippen LogP contribution in [-0.2, 0) is 11.8 Å². The number of carbonyl (C=O) groups excluding carboxylic acids is 2. The molecule has 4 aromatic rings. The summed E-state index contributed by atoms with van der Waals surface area (Å²) in [6, 6.07) is 6.13. The number of aromatic nitrogens is 6. The van der Waals surface area contributed by atoms with Crippen LogP contribution in [0.4, 0.5) is 10.1 Å². The monoisotopic (exact) mass is 450 g/mol. The van der Waals surface area contributed by atoms with Gasteiger partial charge in [-0.15, -0.1) is 5.10 Å². The molecule has 0 unspecified atom stereocenters. The zero-order valence-electron chi connectivity index (χ0n) is 17.6. The van der Waals surface area contributed by atoms with Gasteiger partial charge in [0.05, 0.1) is 25.0 Å². The van der Waals surface area contributed by atoms with E-state index in [9.17, 15) is 14.0 Å². The Morgan fingerprint density at radius 3 is 2.79 bits per heavy atom. The molecule has 4 aromatic heterocycles. The minimum absolute atomic E-state index is 0.154. The maximum Gasteiger partial charge on any atom is 0.274 e. The van der Waals surface area contributed by atoms with Gasteiger partial charge in [0.25, 0.3) is 11.8 Å². The van der Waals surface area contributed by atoms with E-state index in [1.54, 1.807) is 36.3 Å². The summed E-state index contributed by atoms with van der Waals surface area (Å²) in [5.41, 5.74) is 1.77. The fraction of sp³-hybridized carbons (Fsp3) is 0.238. The highest BCUT2D eigenvalue weighted by Gasteiger charge is 2.27. The molecule has 2 amide bonds. The summed E-state index contributed by atoms with van der Waals surface area (Å²) in [7, 11) is 1.60. The summed E-state index contributed by atoms with van der Waals surface area (Å²) in [6.45, 7) is 1.84. The first kappa shape index (κ1) is 20.7. The number of fused-ring (bicyclic) bond motifs is 1. The lowest BCUT2D eigenvalue weighted by molar-refractivity contribution is 0.0302. The Morgan fingerprint density at radius 1 is 1.18 bits per heavy atom. The minimum atomic E-state index is -0.627. The number of pyridine rings is 2. The van der Waals surface area contributed by atoms with Crippen molar-refractivity contribution in [2.45, 2.75) is 0 Å². The summed E-state index contributed by atoms with van der Waals surface area (Å²) >= 11 is 0. The number of nitrogens with zero attached hydrogens (tertiary/aromatic N) is 7. The Balaban J connectivity index is 1.39. The maximum atomic E-state index is 13.4. The van der Waals surface area contributed by atoms with Crippen molar-refractivity contribution in [1.82, 2.24) is 34.3 Å². The Labute approximate surface area is 186 Å². The second-order valence-corrected chi connectivity index (χ2v) is 7.41. The molecule has 1 aliphatic rings. The highest BCUT2D eigenvalue weighted by atomic mass is 19.1. The smallest absolute Gasteiger partial charge is 0.274 e. The largest absolute Gasteiger partial charge is 0.378 e. The van der Waals surface area contributed by atoms with E-state index in [4.69, 9.17) is 4.74 Å². The third-order valence-corrected chi connectivity index (χ3v) is 5.26. The van der Waals surface area contributed by atoms with Crippen molar-refractivity contribution < 1.29 is 18.7 Å². The molecule has 1 aliphatic heterocycles. The van der Waals surface area contributed by atoms with Crippen molar-refractivity contribution in [3.05, 3.63) is 60.1 Å². The van der Waals surface area contributed by atoms with Crippen LogP contribution in [0.25, 0.3) is 17.0 Å². The van der Waals surface area contributed by atoms with Gasteiger partial charge < -0.3 is 15.0 Å². The lowest BCUT2D eigenvalue weighted by Gasteiger charge is -2.26. The van der Waals surface area contributed by atoms with Gasteiger partial charge in [0.2, 0.25) is 5.95 Å². The van der Waals surface area contributed by atoms with E-state index in [-0.39, 0.29) is 17.2 Å². The summed E-state index contributed by atoms with van der Waals surface area (Å²) < 4.78 is 21.6. The van der Waals surface area contributed by atoms with Crippen LogP contribution in [0.5, 0.6) is 0 Å². The molecule has 0 aliphatic carbocycles. The van der Waals surface area contributed by atoms with Crippen LogP contribution < -0.4 is 5.32 Å². The number of hydrogen-bond acceptors (Lipinski definition) is 7. The van der Waals surface area contributed by atoms with E-state index < -0.39 is 11.9 Å². The molecule has 1 saturated heterocycles. The quantitative estimate of drug-likeness (QED) is 0.467.